The lowest BCUT2D eigenvalue weighted by Gasteiger charge is -2.18. The second-order valence-corrected chi connectivity index (χ2v) is 7.87. The fraction of sp³-hybridized carbons (Fsp3) is 0.182. The van der Waals surface area contributed by atoms with E-state index in [0.29, 0.717) is 44.1 Å². The first-order valence-corrected chi connectivity index (χ1v) is 10.4. The third kappa shape index (κ3) is 5.03. The number of amidine groups is 1. The van der Waals surface area contributed by atoms with E-state index in [1.807, 2.05) is 19.9 Å². The second-order valence-electron chi connectivity index (χ2n) is 6.58. The van der Waals surface area contributed by atoms with Crippen LogP contribution in [0.1, 0.15) is 18.1 Å². The Hall–Kier alpha value is -2.97. The van der Waals surface area contributed by atoms with Crippen LogP contribution in [0.4, 0.5) is 10.1 Å². The van der Waals surface area contributed by atoms with E-state index in [0.717, 1.165) is 11.3 Å². The number of ether oxygens (including phenoxy) is 1. The summed E-state index contributed by atoms with van der Waals surface area (Å²) in [4.78, 5) is 17.3. The number of nitrogens with one attached hydrogen (secondary N) is 1. The van der Waals surface area contributed by atoms with E-state index in [2.05, 4.69) is 31.4 Å². The van der Waals surface area contributed by atoms with Crippen LogP contribution in [0, 0.1) is 12.7 Å². The number of hydrogen-bond donors (Lipinski definition) is 1. The molecule has 0 amide bonds. The largest absolute Gasteiger partial charge is 0.480 e. The molecule has 0 fully saturated rings. The predicted molar refractivity (Wildman–Crippen MR) is 128 cm³/mol. The van der Waals surface area contributed by atoms with Crippen LogP contribution in [0.25, 0.3) is 5.57 Å². The van der Waals surface area contributed by atoms with Gasteiger partial charge in [0.1, 0.15) is 5.82 Å². The minimum Gasteiger partial charge on any atom is -0.480 e. The highest BCUT2D eigenvalue weighted by Gasteiger charge is 2.20. The molecule has 0 atom stereocenters. The number of allylic oxidation sites excluding steroid dienone is 1. The van der Waals surface area contributed by atoms with Crippen molar-refractivity contribution in [2.75, 3.05) is 18.9 Å². The highest BCUT2D eigenvalue weighted by molar-refractivity contribution is 8.00. The van der Waals surface area contributed by atoms with Crippen molar-refractivity contribution >= 4 is 53.1 Å². The Balaban J connectivity index is 1.99. The van der Waals surface area contributed by atoms with Gasteiger partial charge in [-0.15, -0.1) is 0 Å². The molecule has 1 aromatic carbocycles. The van der Waals surface area contributed by atoms with Gasteiger partial charge in [0.25, 0.3) is 0 Å². The summed E-state index contributed by atoms with van der Waals surface area (Å²) >= 11 is 7.34. The Bertz CT molecular complexity index is 1160. The summed E-state index contributed by atoms with van der Waals surface area (Å²) in [5.41, 5.74) is 3.86. The van der Waals surface area contributed by atoms with Gasteiger partial charge in [-0.25, -0.2) is 14.4 Å². The molecule has 9 heteroatoms. The summed E-state index contributed by atoms with van der Waals surface area (Å²) in [5.74, 6) is 0.618. The molecule has 0 radical (unpaired) electrons. The van der Waals surface area contributed by atoms with Crippen LogP contribution in [0.2, 0.25) is 5.02 Å². The molecule has 0 spiro atoms. The number of aromatic nitrogens is 1. The average Bonchev–Trinajstić information content (AvgIpc) is 2.74. The van der Waals surface area contributed by atoms with E-state index < -0.39 is 0 Å². The maximum Gasteiger partial charge on any atom is 0.228 e. The Morgan fingerprint density at radius 2 is 2.06 bits per heavy atom. The maximum absolute atomic E-state index is 15.0. The molecule has 2 heterocycles. The maximum atomic E-state index is 15.0. The van der Waals surface area contributed by atoms with Crippen LogP contribution in [-0.4, -0.2) is 37.4 Å². The fourth-order valence-electron chi connectivity index (χ4n) is 2.99. The van der Waals surface area contributed by atoms with Crippen molar-refractivity contribution in [3.05, 3.63) is 64.2 Å². The lowest BCUT2D eigenvalue weighted by atomic mass is 9.94. The number of methoxy groups -OCH3 is 1. The molecule has 160 valence electrons. The molecule has 1 aromatic heterocycles. The highest BCUT2D eigenvalue weighted by Crippen LogP contribution is 2.34. The Morgan fingerprint density at radius 1 is 1.29 bits per heavy atom. The van der Waals surface area contributed by atoms with Crippen molar-refractivity contribution < 1.29 is 9.13 Å². The van der Waals surface area contributed by atoms with Gasteiger partial charge >= 0.3 is 0 Å². The number of nitrogens with zero attached hydrogens (tertiary/aromatic N) is 4. The molecule has 3 rings (SSSR count). The summed E-state index contributed by atoms with van der Waals surface area (Å²) in [5, 5.41) is 0.490. The van der Waals surface area contributed by atoms with E-state index >= 15 is 0 Å². The molecule has 0 unspecified atom stereocenters. The van der Waals surface area contributed by atoms with Gasteiger partial charge in [0.15, 0.2) is 5.84 Å². The lowest BCUT2D eigenvalue weighted by Crippen LogP contribution is -2.12. The number of anilines is 1. The second kappa shape index (κ2) is 9.89. The average molecular weight is 458 g/mol. The number of aryl methyl sites for hydroxylation is 1. The SMILES string of the molecule is C=N/C=C1/C=C(c2cc(NSc3cc(Cl)cnc3OC)c(C)cc2F)C(C)=NC1=NC. The standard InChI is InChI=1S/C22H21ClFN5OS/c1-12-6-18(24)17(16-7-14(10-25-3)21(26-4)28-13(16)2)9-19(12)29-31-20-8-15(23)11-27-22(20)30-5/h6-11,29H,3H2,1-2,4-5H3/b14-10-,26-21?. The highest BCUT2D eigenvalue weighted by atomic mass is 35.5. The van der Waals surface area contributed by atoms with E-state index in [1.165, 1.54) is 31.3 Å². The molecule has 0 aliphatic carbocycles. The summed E-state index contributed by atoms with van der Waals surface area (Å²) in [6.07, 6.45) is 4.88. The number of hydrogen-bond acceptors (Lipinski definition) is 6. The monoisotopic (exact) mass is 457 g/mol. The Morgan fingerprint density at radius 3 is 2.74 bits per heavy atom. The molecule has 1 aliphatic rings. The lowest BCUT2D eigenvalue weighted by molar-refractivity contribution is 0.387. The normalized spacial score (nSPS) is 16.2. The number of pyridine rings is 1. The van der Waals surface area contributed by atoms with Crippen molar-refractivity contribution in [2.45, 2.75) is 18.7 Å². The van der Waals surface area contributed by atoms with Crippen LogP contribution in [-0.2, 0) is 0 Å². The van der Waals surface area contributed by atoms with E-state index in [1.54, 1.807) is 25.4 Å². The third-order valence-corrected chi connectivity index (χ3v) is 5.56. The number of benzene rings is 1. The first kappa shape index (κ1) is 22.7. The number of rotatable bonds is 6. The summed E-state index contributed by atoms with van der Waals surface area (Å²) in [7, 11) is 3.18. The molecular weight excluding hydrogens is 437 g/mol. The topological polar surface area (TPSA) is 71.2 Å². The zero-order chi connectivity index (χ0) is 22.5. The van der Waals surface area contributed by atoms with Gasteiger partial charge in [0.05, 0.1) is 17.0 Å². The zero-order valence-corrected chi connectivity index (χ0v) is 19.1. The van der Waals surface area contributed by atoms with Gasteiger partial charge in [-0.2, -0.15) is 0 Å². The molecular formula is C22H21ClFN5OS. The zero-order valence-electron chi connectivity index (χ0n) is 17.5. The van der Waals surface area contributed by atoms with E-state index in [4.69, 9.17) is 16.3 Å². The van der Waals surface area contributed by atoms with Crippen LogP contribution >= 0.6 is 23.5 Å². The quantitative estimate of drug-likeness (QED) is 0.440. The van der Waals surface area contributed by atoms with E-state index in [9.17, 15) is 4.39 Å². The van der Waals surface area contributed by atoms with E-state index in [-0.39, 0.29) is 5.82 Å². The van der Waals surface area contributed by atoms with Gasteiger partial charge < -0.3 is 9.46 Å². The van der Waals surface area contributed by atoms with Crippen LogP contribution < -0.4 is 9.46 Å². The molecule has 1 aliphatic heterocycles. The summed E-state index contributed by atoms with van der Waals surface area (Å²) < 4.78 is 23.5. The molecule has 6 nitrogen and oxygen atoms in total. The Kier molecular flexibility index (Phi) is 7.25. The van der Waals surface area contributed by atoms with Crippen LogP contribution in [0.5, 0.6) is 5.88 Å². The van der Waals surface area contributed by atoms with Crippen molar-refractivity contribution in [3.63, 3.8) is 0 Å². The minimum absolute atomic E-state index is 0.348. The van der Waals surface area contributed by atoms with Crippen LogP contribution in [0.3, 0.4) is 0 Å². The van der Waals surface area contributed by atoms with Crippen molar-refractivity contribution in [2.24, 2.45) is 15.0 Å². The minimum atomic E-state index is -0.348. The van der Waals surface area contributed by atoms with Gasteiger partial charge in [0, 0.05) is 47.6 Å². The van der Waals surface area contributed by atoms with Crippen molar-refractivity contribution in [1.82, 2.24) is 4.98 Å². The molecule has 0 bridgehead atoms. The molecule has 0 saturated heterocycles. The summed E-state index contributed by atoms with van der Waals surface area (Å²) in [6.45, 7) is 7.13. The van der Waals surface area contributed by atoms with Gasteiger partial charge in [-0.05, 0) is 62.4 Å². The summed E-state index contributed by atoms with van der Waals surface area (Å²) in [6, 6.07) is 4.98. The smallest absolute Gasteiger partial charge is 0.228 e. The first-order chi connectivity index (χ1) is 14.9. The molecule has 1 N–H and O–H groups in total. The molecule has 31 heavy (non-hydrogen) atoms. The Labute approximate surface area is 189 Å². The predicted octanol–water partition coefficient (Wildman–Crippen LogP) is 5.78. The molecule has 0 saturated carbocycles. The van der Waals surface area contributed by atoms with Crippen molar-refractivity contribution in [3.8, 4) is 5.88 Å². The number of halogens is 2. The fourth-order valence-corrected chi connectivity index (χ4v) is 4.06. The third-order valence-electron chi connectivity index (χ3n) is 4.52. The van der Waals surface area contributed by atoms with Gasteiger partial charge in [-0.3, -0.25) is 9.98 Å². The van der Waals surface area contributed by atoms with Gasteiger partial charge in [-0.1, -0.05) is 11.6 Å². The number of aliphatic imine (C=N–C) groups is 3. The van der Waals surface area contributed by atoms with Gasteiger partial charge in [0.2, 0.25) is 5.88 Å². The first-order valence-electron chi connectivity index (χ1n) is 9.21. The number of dihydropyridines is 1. The molecule has 2 aromatic rings. The van der Waals surface area contributed by atoms with Crippen LogP contribution in [0.15, 0.2) is 62.1 Å². The van der Waals surface area contributed by atoms with Crippen molar-refractivity contribution in [1.29, 1.82) is 0 Å².